The van der Waals surface area contributed by atoms with Crippen molar-refractivity contribution in [3.8, 4) is 0 Å². The van der Waals surface area contributed by atoms with Gasteiger partial charge in [-0.3, -0.25) is 0 Å². The number of aromatic nitrogens is 2. The highest BCUT2D eigenvalue weighted by Gasteiger charge is 2.12. The Labute approximate surface area is 117 Å². The number of carbonyl (C=O) groups is 1. The van der Waals surface area contributed by atoms with E-state index in [4.69, 9.17) is 24.7 Å². The van der Waals surface area contributed by atoms with E-state index in [1.54, 1.807) is 7.11 Å². The Morgan fingerprint density at radius 1 is 1.05 bits per heavy atom. The number of nitrogen functional groups attached to an aromatic ring is 1. The van der Waals surface area contributed by atoms with E-state index >= 15 is 0 Å². The summed E-state index contributed by atoms with van der Waals surface area (Å²) in [5.74, 6) is -0.569. The van der Waals surface area contributed by atoms with Gasteiger partial charge in [0.1, 0.15) is 6.61 Å². The van der Waals surface area contributed by atoms with Crippen LogP contribution in [0.5, 0.6) is 0 Å². The van der Waals surface area contributed by atoms with Crippen molar-refractivity contribution in [2.24, 2.45) is 0 Å². The maximum atomic E-state index is 11.6. The minimum atomic E-state index is -0.615. The first kappa shape index (κ1) is 16.3. The molecule has 0 radical (unpaired) electrons. The van der Waals surface area contributed by atoms with Gasteiger partial charge in [-0.25, -0.2) is 14.8 Å². The Morgan fingerprint density at radius 2 is 1.65 bits per heavy atom. The third-order valence-electron chi connectivity index (χ3n) is 2.18. The normalized spacial score (nSPS) is 10.4. The van der Waals surface area contributed by atoms with Gasteiger partial charge in [0.25, 0.3) is 0 Å². The molecule has 0 aliphatic carbocycles. The number of ether oxygens (including phenoxy) is 4. The molecule has 0 aliphatic heterocycles. The third-order valence-corrected chi connectivity index (χ3v) is 2.18. The smallest absolute Gasteiger partial charge is 0.360 e. The fourth-order valence-electron chi connectivity index (χ4n) is 1.23. The number of nitrogens with two attached hydrogens (primary N) is 1. The lowest BCUT2D eigenvalue weighted by atomic mass is 10.4. The monoisotopic (exact) mass is 285 g/mol. The lowest BCUT2D eigenvalue weighted by molar-refractivity contribution is 0.00552. The molecule has 20 heavy (non-hydrogen) atoms. The largest absolute Gasteiger partial charge is 0.458 e. The van der Waals surface area contributed by atoms with Crippen LogP contribution in [0.3, 0.4) is 0 Å². The van der Waals surface area contributed by atoms with Gasteiger partial charge in [-0.2, -0.15) is 0 Å². The molecular formula is C12H19N3O5. The van der Waals surface area contributed by atoms with Crippen LogP contribution >= 0.6 is 0 Å². The summed E-state index contributed by atoms with van der Waals surface area (Å²) in [5.41, 5.74) is 5.51. The summed E-state index contributed by atoms with van der Waals surface area (Å²) in [6.45, 7) is 2.37. The molecule has 0 aromatic carbocycles. The summed E-state index contributed by atoms with van der Waals surface area (Å²) in [5, 5.41) is 0. The Balaban J connectivity index is 2.04. The summed E-state index contributed by atoms with van der Waals surface area (Å²) in [6.07, 6.45) is 2.78. The molecule has 0 bridgehead atoms. The van der Waals surface area contributed by atoms with Crippen LogP contribution in [0.15, 0.2) is 12.4 Å². The van der Waals surface area contributed by atoms with E-state index in [9.17, 15) is 4.79 Å². The van der Waals surface area contributed by atoms with Crippen molar-refractivity contribution in [3.05, 3.63) is 18.1 Å². The topological polar surface area (TPSA) is 106 Å². The van der Waals surface area contributed by atoms with Crippen LogP contribution in [0.1, 0.15) is 10.5 Å². The Morgan fingerprint density at radius 3 is 2.30 bits per heavy atom. The van der Waals surface area contributed by atoms with Gasteiger partial charge in [-0.1, -0.05) is 0 Å². The number of nitrogens with zero attached hydrogens (tertiary/aromatic N) is 2. The van der Waals surface area contributed by atoms with Crippen LogP contribution in [0.4, 0.5) is 5.82 Å². The first-order valence-corrected chi connectivity index (χ1v) is 6.13. The molecule has 0 aliphatic rings. The van der Waals surface area contributed by atoms with E-state index < -0.39 is 5.97 Å². The quantitative estimate of drug-likeness (QED) is 0.469. The average Bonchev–Trinajstić information content (AvgIpc) is 2.46. The summed E-state index contributed by atoms with van der Waals surface area (Å²) >= 11 is 0. The molecule has 1 aromatic rings. The fraction of sp³-hybridized carbons (Fsp3) is 0.583. The number of rotatable bonds is 10. The van der Waals surface area contributed by atoms with Gasteiger partial charge >= 0.3 is 5.97 Å². The van der Waals surface area contributed by atoms with Gasteiger partial charge in [-0.05, 0) is 0 Å². The predicted molar refractivity (Wildman–Crippen MR) is 70.2 cm³/mol. The van der Waals surface area contributed by atoms with Crippen molar-refractivity contribution in [2.45, 2.75) is 0 Å². The van der Waals surface area contributed by atoms with Crippen LogP contribution < -0.4 is 5.73 Å². The van der Waals surface area contributed by atoms with Gasteiger partial charge in [-0.15, -0.1) is 0 Å². The highest BCUT2D eigenvalue weighted by atomic mass is 16.6. The van der Waals surface area contributed by atoms with Crippen LogP contribution in [0.2, 0.25) is 0 Å². The number of hydrogen-bond acceptors (Lipinski definition) is 8. The molecule has 112 valence electrons. The Bertz CT molecular complexity index is 402. The molecule has 0 spiro atoms. The highest BCUT2D eigenvalue weighted by Crippen LogP contribution is 2.04. The molecule has 0 fully saturated rings. The number of anilines is 1. The van der Waals surface area contributed by atoms with Crippen LogP contribution in [-0.4, -0.2) is 62.7 Å². The minimum Gasteiger partial charge on any atom is -0.458 e. The first-order chi connectivity index (χ1) is 9.75. The summed E-state index contributed by atoms with van der Waals surface area (Å²) < 4.78 is 20.2. The molecule has 1 heterocycles. The Kier molecular flexibility index (Phi) is 8.20. The molecule has 2 N–H and O–H groups in total. The van der Waals surface area contributed by atoms with Gasteiger partial charge in [0.15, 0.2) is 11.5 Å². The van der Waals surface area contributed by atoms with Crippen molar-refractivity contribution in [1.82, 2.24) is 9.97 Å². The van der Waals surface area contributed by atoms with E-state index in [0.29, 0.717) is 26.4 Å². The zero-order valence-corrected chi connectivity index (χ0v) is 11.4. The summed E-state index contributed by atoms with van der Waals surface area (Å²) in [6, 6.07) is 0. The van der Waals surface area contributed by atoms with E-state index in [2.05, 4.69) is 9.97 Å². The van der Waals surface area contributed by atoms with Crippen LogP contribution in [0.25, 0.3) is 0 Å². The maximum Gasteiger partial charge on any atom is 0.360 e. The molecule has 0 amide bonds. The standard InChI is InChI=1S/C12H19N3O5/c1-17-4-5-18-6-7-19-8-9-20-12(16)10-11(13)15-3-2-14-10/h2-3H,4-9H2,1H3,(H2,13,15). The molecule has 1 aromatic heterocycles. The number of esters is 1. The SMILES string of the molecule is COCCOCCOCCOC(=O)c1nccnc1N. The van der Waals surface area contributed by atoms with Crippen molar-refractivity contribution in [1.29, 1.82) is 0 Å². The zero-order valence-electron chi connectivity index (χ0n) is 11.4. The molecule has 0 saturated heterocycles. The van der Waals surface area contributed by atoms with Gasteiger partial charge in [0.05, 0.1) is 33.0 Å². The molecule has 1 rings (SSSR count). The second kappa shape index (κ2) is 10.1. The molecule has 0 saturated carbocycles. The molecule has 0 atom stereocenters. The predicted octanol–water partition coefficient (Wildman–Crippen LogP) is -0.105. The highest BCUT2D eigenvalue weighted by molar-refractivity contribution is 5.91. The number of carbonyl (C=O) groups excluding carboxylic acids is 1. The van der Waals surface area contributed by atoms with Crippen LogP contribution in [-0.2, 0) is 18.9 Å². The van der Waals surface area contributed by atoms with E-state index in [1.165, 1.54) is 12.4 Å². The van der Waals surface area contributed by atoms with Crippen molar-refractivity contribution in [3.63, 3.8) is 0 Å². The molecule has 8 nitrogen and oxygen atoms in total. The number of methoxy groups -OCH3 is 1. The van der Waals surface area contributed by atoms with Crippen molar-refractivity contribution >= 4 is 11.8 Å². The van der Waals surface area contributed by atoms with Gasteiger partial charge in [0, 0.05) is 19.5 Å². The lowest BCUT2D eigenvalue weighted by Gasteiger charge is -2.07. The molecular weight excluding hydrogens is 266 g/mol. The van der Waals surface area contributed by atoms with E-state index in [-0.39, 0.29) is 24.7 Å². The number of hydrogen-bond donors (Lipinski definition) is 1. The lowest BCUT2D eigenvalue weighted by Crippen LogP contribution is -2.16. The zero-order chi connectivity index (χ0) is 14.6. The maximum absolute atomic E-state index is 11.6. The Hall–Kier alpha value is -1.77. The first-order valence-electron chi connectivity index (χ1n) is 6.13. The van der Waals surface area contributed by atoms with Crippen molar-refractivity contribution in [2.75, 3.05) is 52.5 Å². The summed E-state index contributed by atoms with van der Waals surface area (Å²) in [4.78, 5) is 19.1. The second-order valence-electron chi connectivity index (χ2n) is 3.64. The second-order valence-corrected chi connectivity index (χ2v) is 3.64. The third kappa shape index (κ3) is 6.41. The molecule has 0 unspecified atom stereocenters. The molecule has 8 heteroatoms. The minimum absolute atomic E-state index is 0.00963. The van der Waals surface area contributed by atoms with Gasteiger partial charge in [0.2, 0.25) is 0 Å². The van der Waals surface area contributed by atoms with Crippen molar-refractivity contribution < 1.29 is 23.7 Å². The van der Waals surface area contributed by atoms with Gasteiger partial charge < -0.3 is 24.7 Å². The summed E-state index contributed by atoms with van der Waals surface area (Å²) in [7, 11) is 1.61. The van der Waals surface area contributed by atoms with E-state index in [0.717, 1.165) is 0 Å². The van der Waals surface area contributed by atoms with Crippen LogP contribution in [0, 0.1) is 0 Å². The average molecular weight is 285 g/mol. The fourth-order valence-corrected chi connectivity index (χ4v) is 1.23. The van der Waals surface area contributed by atoms with E-state index in [1.807, 2.05) is 0 Å².